The van der Waals surface area contributed by atoms with E-state index in [1.165, 1.54) is 18.3 Å². The first kappa shape index (κ1) is 28.9. The van der Waals surface area contributed by atoms with Gasteiger partial charge in [0.25, 0.3) is 0 Å². The molecule has 3 rings (SSSR count). The number of hydrogen-bond acceptors (Lipinski definition) is 6. The Morgan fingerprint density at radius 3 is 2.35 bits per heavy atom. The van der Waals surface area contributed by atoms with Crippen LogP contribution >= 0.6 is 0 Å². The molecule has 0 amide bonds. The molecule has 0 atom stereocenters. The molecule has 0 aliphatic heterocycles. The average molecular weight is 518 g/mol. The molecule has 0 spiro atoms. The van der Waals surface area contributed by atoms with Crippen LogP contribution in [-0.2, 0) is 13.0 Å². The number of aryl methyl sites for hydroxylation is 1. The van der Waals surface area contributed by atoms with Crippen molar-refractivity contribution < 1.29 is 26.7 Å². The number of hydrogen-bond donors (Lipinski definition) is 2. The van der Waals surface area contributed by atoms with Crippen LogP contribution in [0.25, 0.3) is 0 Å². The minimum atomic E-state index is -4.36. The van der Waals surface area contributed by atoms with E-state index in [-0.39, 0.29) is 18.7 Å². The molecule has 2 aromatic carbocycles. The third-order valence-electron chi connectivity index (χ3n) is 4.85. The number of nitrogens with zero attached hydrogens (tertiary/aromatic N) is 3. The van der Waals surface area contributed by atoms with Crippen LogP contribution in [0.5, 0.6) is 5.75 Å². The van der Waals surface area contributed by atoms with Crippen LogP contribution in [0.2, 0.25) is 0 Å². The molecule has 0 unspecified atom stereocenters. The topological polar surface area (TPSA) is 73.2 Å². The van der Waals surface area contributed by atoms with E-state index in [2.05, 4.69) is 39.5 Å². The number of aromatic nitrogens is 1. The quantitative estimate of drug-likeness (QED) is 0.192. The lowest BCUT2D eigenvalue weighted by Crippen LogP contribution is -2.33. The van der Waals surface area contributed by atoms with Crippen LogP contribution in [0.3, 0.4) is 0 Å². The fourth-order valence-corrected chi connectivity index (χ4v) is 3.25. The maximum Gasteiger partial charge on any atom is 0.402 e. The number of terminal acetylenes is 1. The van der Waals surface area contributed by atoms with Gasteiger partial charge in [0.05, 0.1) is 36.6 Å². The predicted molar refractivity (Wildman–Crippen MR) is 131 cm³/mol. The highest BCUT2D eigenvalue weighted by Gasteiger charge is 2.26. The van der Waals surface area contributed by atoms with Gasteiger partial charge in [0, 0.05) is 17.4 Å². The van der Waals surface area contributed by atoms with Crippen LogP contribution < -0.4 is 20.5 Å². The lowest BCUT2D eigenvalue weighted by Gasteiger charge is -2.27. The number of pyridine rings is 1. The number of ether oxygens (including phenoxy) is 1. The summed E-state index contributed by atoms with van der Waals surface area (Å²) in [5, 5.41) is 9.27. The van der Waals surface area contributed by atoms with Gasteiger partial charge in [-0.3, -0.25) is 4.98 Å². The summed E-state index contributed by atoms with van der Waals surface area (Å²) in [6, 6.07) is 17.1. The number of halogens is 5. The Bertz CT molecular complexity index is 1190. The van der Waals surface area contributed by atoms with E-state index in [0.29, 0.717) is 22.6 Å². The molecule has 0 aliphatic rings. The smallest absolute Gasteiger partial charge is 0.402 e. The van der Waals surface area contributed by atoms with E-state index in [1.807, 2.05) is 36.1 Å². The van der Waals surface area contributed by atoms with E-state index in [0.717, 1.165) is 11.3 Å². The Kier molecular flexibility index (Phi) is 10.7. The molecule has 2 N–H and O–H groups in total. The second-order valence-electron chi connectivity index (χ2n) is 7.56. The minimum absolute atomic E-state index is 0.0355. The lowest BCUT2D eigenvalue weighted by molar-refractivity contribution is -0.123. The molecule has 11 heteroatoms. The van der Waals surface area contributed by atoms with Crippen molar-refractivity contribution in [2.24, 2.45) is 0 Å². The monoisotopic (exact) mass is 517 g/mol. The van der Waals surface area contributed by atoms with Gasteiger partial charge in [-0.05, 0) is 42.8 Å². The van der Waals surface area contributed by atoms with Gasteiger partial charge in [-0.2, -0.15) is 27.2 Å². The molecular formula is C26H24F5N5O. The summed E-state index contributed by atoms with van der Waals surface area (Å²) < 4.78 is 67.2. The molecule has 0 radical (unpaired) electrons. The van der Waals surface area contributed by atoms with E-state index < -0.39 is 19.3 Å². The number of nitriles is 1. The number of alkyl halides is 5. The van der Waals surface area contributed by atoms with Crippen molar-refractivity contribution in [3.63, 3.8) is 0 Å². The number of benzene rings is 2. The van der Waals surface area contributed by atoms with Crippen molar-refractivity contribution >= 4 is 17.1 Å². The molecule has 0 saturated heterocycles. The van der Waals surface area contributed by atoms with Gasteiger partial charge < -0.3 is 15.1 Å². The summed E-state index contributed by atoms with van der Waals surface area (Å²) in [6.07, 6.45) is 5.05. The average Bonchev–Trinajstić information content (AvgIpc) is 2.85. The zero-order valence-electron chi connectivity index (χ0n) is 19.8. The third-order valence-corrected chi connectivity index (χ3v) is 4.85. The Balaban J connectivity index is 0.00000235. The van der Waals surface area contributed by atoms with E-state index in [4.69, 9.17) is 0 Å². The van der Waals surface area contributed by atoms with Crippen LogP contribution in [0, 0.1) is 31.1 Å². The summed E-state index contributed by atoms with van der Waals surface area (Å²) >= 11 is 0. The first-order chi connectivity index (χ1) is 17.6. The van der Waals surface area contributed by atoms with Gasteiger partial charge in [-0.15, -0.1) is 12.8 Å². The largest absolute Gasteiger partial charge is 0.435 e. The summed E-state index contributed by atoms with van der Waals surface area (Å²) in [4.78, 5) is 6.11. The SMILES string of the molecule is C#C.Cc1ccc(N(Cc2ccc(NNCC(F)(F)F)cn2)c2cc(OC(F)F)ccc2CC#N)cc1. The molecule has 0 aliphatic carbocycles. The first-order valence-corrected chi connectivity index (χ1v) is 10.8. The maximum atomic E-state index is 12.8. The van der Waals surface area contributed by atoms with Crippen molar-refractivity contribution in [2.45, 2.75) is 32.7 Å². The first-order valence-electron chi connectivity index (χ1n) is 10.8. The Labute approximate surface area is 211 Å². The Morgan fingerprint density at radius 1 is 1.08 bits per heavy atom. The highest BCUT2D eigenvalue weighted by molar-refractivity contribution is 5.69. The molecule has 1 aromatic heterocycles. The molecule has 0 bridgehead atoms. The molecule has 1 heterocycles. The zero-order chi connectivity index (χ0) is 27.4. The molecular weight excluding hydrogens is 493 g/mol. The van der Waals surface area contributed by atoms with Crippen molar-refractivity contribution in [2.75, 3.05) is 16.9 Å². The van der Waals surface area contributed by atoms with Crippen LogP contribution in [0.1, 0.15) is 16.8 Å². The van der Waals surface area contributed by atoms with Crippen molar-refractivity contribution in [3.8, 4) is 24.7 Å². The summed E-state index contributed by atoms with van der Waals surface area (Å²) in [5.41, 5.74) is 8.21. The van der Waals surface area contributed by atoms with Crippen molar-refractivity contribution in [1.29, 1.82) is 5.26 Å². The Morgan fingerprint density at radius 2 is 1.78 bits per heavy atom. The standard InChI is InChI=1S/C24H22F5N5O.C2H2/c1-16-2-7-20(8-3-16)34(22-12-21(35-23(25)26)9-4-17(22)10-11-30)14-19-6-5-18(13-31-19)33-32-15-24(27,28)29;1-2/h2-9,12-13,23,32-33H,10,14-15H2,1H3;1-2H. The van der Waals surface area contributed by atoms with Gasteiger partial charge in [-0.25, -0.2) is 5.43 Å². The minimum Gasteiger partial charge on any atom is -0.435 e. The summed E-state index contributed by atoms with van der Waals surface area (Å²) in [5.74, 6) is -0.0583. The molecule has 3 aromatic rings. The lowest BCUT2D eigenvalue weighted by atomic mass is 10.1. The van der Waals surface area contributed by atoms with Crippen molar-refractivity contribution in [3.05, 3.63) is 77.6 Å². The molecule has 0 fully saturated rings. The van der Waals surface area contributed by atoms with Gasteiger partial charge >= 0.3 is 12.8 Å². The van der Waals surface area contributed by atoms with Crippen LogP contribution in [-0.4, -0.2) is 24.3 Å². The van der Waals surface area contributed by atoms with Crippen LogP contribution in [0.15, 0.2) is 60.8 Å². The van der Waals surface area contributed by atoms with E-state index in [1.54, 1.807) is 18.2 Å². The number of nitrogens with one attached hydrogen (secondary N) is 2. The highest BCUT2D eigenvalue weighted by atomic mass is 19.4. The normalized spacial score (nSPS) is 10.7. The van der Waals surface area contributed by atoms with Gasteiger partial charge in [0.1, 0.15) is 12.3 Å². The maximum absolute atomic E-state index is 12.8. The fourth-order valence-electron chi connectivity index (χ4n) is 3.25. The highest BCUT2D eigenvalue weighted by Crippen LogP contribution is 2.34. The number of rotatable bonds is 10. The van der Waals surface area contributed by atoms with Gasteiger partial charge in [-0.1, -0.05) is 23.8 Å². The van der Waals surface area contributed by atoms with Gasteiger partial charge in [0.2, 0.25) is 0 Å². The number of anilines is 3. The Hall–Kier alpha value is -4.35. The van der Waals surface area contributed by atoms with E-state index in [9.17, 15) is 27.2 Å². The van der Waals surface area contributed by atoms with E-state index >= 15 is 0 Å². The number of hydrazine groups is 1. The van der Waals surface area contributed by atoms with Crippen molar-refractivity contribution in [1.82, 2.24) is 10.4 Å². The van der Waals surface area contributed by atoms with Crippen LogP contribution in [0.4, 0.5) is 39.0 Å². The molecule has 6 nitrogen and oxygen atoms in total. The molecule has 0 saturated carbocycles. The molecule has 37 heavy (non-hydrogen) atoms. The second kappa shape index (κ2) is 13.7. The predicted octanol–water partition coefficient (Wildman–Crippen LogP) is 6.12. The third kappa shape index (κ3) is 9.32. The zero-order valence-corrected chi connectivity index (χ0v) is 19.8. The summed E-state index contributed by atoms with van der Waals surface area (Å²) in [7, 11) is 0. The fraction of sp³-hybridized carbons (Fsp3) is 0.231. The summed E-state index contributed by atoms with van der Waals surface area (Å²) in [6.45, 7) is -2.11. The second-order valence-corrected chi connectivity index (χ2v) is 7.56. The molecule has 194 valence electrons. The van der Waals surface area contributed by atoms with Gasteiger partial charge in [0.15, 0.2) is 0 Å².